The molecule has 6 nitrogen and oxygen atoms in total. The van der Waals surface area contributed by atoms with E-state index in [4.69, 9.17) is 4.74 Å². The first-order valence-corrected chi connectivity index (χ1v) is 9.24. The van der Waals surface area contributed by atoms with Crippen molar-refractivity contribution in [1.29, 1.82) is 0 Å². The van der Waals surface area contributed by atoms with Gasteiger partial charge in [0.05, 0.1) is 12.3 Å². The smallest absolute Gasteiger partial charge is 0.350 e. The Kier molecular flexibility index (Phi) is 4.72. The molecule has 0 spiro atoms. The normalized spacial score (nSPS) is 22.5. The molecule has 3 heterocycles. The standard InChI is InChI=1S/C19H26N4O2/c1-21-19(24)23(17-5-3-2-4-6-17)18(20-21)16-7-10-22(11-8-16)13-15-9-12-25-14-15/h2-6,15-16H,7-14H2,1H3/t15-/m0/s1. The predicted molar refractivity (Wildman–Crippen MR) is 96.1 cm³/mol. The third-order valence-electron chi connectivity index (χ3n) is 5.46. The molecule has 1 aromatic heterocycles. The van der Waals surface area contributed by atoms with Gasteiger partial charge in [-0.25, -0.2) is 14.0 Å². The first-order chi connectivity index (χ1) is 12.2. The highest BCUT2D eigenvalue weighted by atomic mass is 16.5. The number of piperidine rings is 1. The number of hydrogen-bond donors (Lipinski definition) is 0. The van der Waals surface area contributed by atoms with Gasteiger partial charge in [-0.3, -0.25) is 0 Å². The average Bonchev–Trinajstić information content (AvgIpc) is 3.25. The van der Waals surface area contributed by atoms with Crippen molar-refractivity contribution in [2.75, 3.05) is 32.8 Å². The summed E-state index contributed by atoms with van der Waals surface area (Å²) in [5, 5.41) is 4.57. The maximum Gasteiger partial charge on any atom is 0.350 e. The van der Waals surface area contributed by atoms with Crippen molar-refractivity contribution in [3.05, 3.63) is 46.6 Å². The van der Waals surface area contributed by atoms with E-state index in [1.165, 1.54) is 11.1 Å². The van der Waals surface area contributed by atoms with E-state index in [1.54, 1.807) is 11.6 Å². The highest BCUT2D eigenvalue weighted by Crippen LogP contribution is 2.28. The van der Waals surface area contributed by atoms with Gasteiger partial charge < -0.3 is 9.64 Å². The lowest BCUT2D eigenvalue weighted by Gasteiger charge is -2.32. The molecule has 0 bridgehead atoms. The van der Waals surface area contributed by atoms with Gasteiger partial charge in [0.15, 0.2) is 0 Å². The number of para-hydroxylation sites is 1. The number of nitrogens with zero attached hydrogens (tertiary/aromatic N) is 4. The van der Waals surface area contributed by atoms with Crippen molar-refractivity contribution in [1.82, 2.24) is 19.2 Å². The van der Waals surface area contributed by atoms with Gasteiger partial charge in [0.1, 0.15) is 5.82 Å². The Labute approximate surface area is 148 Å². The van der Waals surface area contributed by atoms with Crippen LogP contribution in [0.3, 0.4) is 0 Å². The lowest BCUT2D eigenvalue weighted by molar-refractivity contribution is 0.151. The van der Waals surface area contributed by atoms with Crippen LogP contribution >= 0.6 is 0 Å². The summed E-state index contributed by atoms with van der Waals surface area (Å²) >= 11 is 0. The van der Waals surface area contributed by atoms with Crippen LogP contribution in [0.5, 0.6) is 0 Å². The van der Waals surface area contributed by atoms with Crippen molar-refractivity contribution in [3.63, 3.8) is 0 Å². The van der Waals surface area contributed by atoms with Crippen LogP contribution in [-0.2, 0) is 11.8 Å². The number of benzene rings is 1. The number of likely N-dealkylation sites (tertiary alicyclic amines) is 1. The second-order valence-electron chi connectivity index (χ2n) is 7.24. The minimum Gasteiger partial charge on any atom is -0.381 e. The minimum atomic E-state index is -0.0632. The monoisotopic (exact) mass is 342 g/mol. The van der Waals surface area contributed by atoms with E-state index in [-0.39, 0.29) is 5.69 Å². The third kappa shape index (κ3) is 3.41. The second kappa shape index (κ2) is 7.14. The summed E-state index contributed by atoms with van der Waals surface area (Å²) in [5.41, 5.74) is 0.841. The molecule has 2 saturated heterocycles. The fraction of sp³-hybridized carbons (Fsp3) is 0.579. The zero-order valence-corrected chi connectivity index (χ0v) is 14.8. The SMILES string of the molecule is Cn1nc(C2CCN(C[C@@H]3CCOC3)CC2)n(-c2ccccc2)c1=O. The molecule has 2 aromatic rings. The molecule has 0 N–H and O–H groups in total. The molecule has 0 radical (unpaired) electrons. The summed E-state index contributed by atoms with van der Waals surface area (Å²) in [6.07, 6.45) is 3.29. The van der Waals surface area contributed by atoms with Crippen LogP contribution in [0, 0.1) is 5.92 Å². The second-order valence-corrected chi connectivity index (χ2v) is 7.24. The van der Waals surface area contributed by atoms with E-state index in [9.17, 15) is 4.79 Å². The molecule has 25 heavy (non-hydrogen) atoms. The summed E-state index contributed by atoms with van der Waals surface area (Å²) < 4.78 is 8.74. The van der Waals surface area contributed by atoms with Gasteiger partial charge in [-0.05, 0) is 50.4 Å². The highest BCUT2D eigenvalue weighted by Gasteiger charge is 2.28. The first-order valence-electron chi connectivity index (χ1n) is 9.24. The molecule has 1 aromatic carbocycles. The van der Waals surface area contributed by atoms with Crippen molar-refractivity contribution < 1.29 is 4.74 Å². The molecule has 134 valence electrons. The molecule has 4 rings (SSSR count). The van der Waals surface area contributed by atoms with Crippen molar-refractivity contribution in [2.24, 2.45) is 13.0 Å². The zero-order valence-electron chi connectivity index (χ0n) is 14.8. The molecule has 0 unspecified atom stereocenters. The van der Waals surface area contributed by atoms with E-state index in [0.717, 1.165) is 57.2 Å². The quantitative estimate of drug-likeness (QED) is 0.850. The minimum absolute atomic E-state index is 0.0632. The largest absolute Gasteiger partial charge is 0.381 e. The van der Waals surface area contributed by atoms with Gasteiger partial charge in [-0.1, -0.05) is 18.2 Å². The summed E-state index contributed by atoms with van der Waals surface area (Å²) in [6.45, 7) is 5.11. The van der Waals surface area contributed by atoms with Gasteiger partial charge in [0.2, 0.25) is 0 Å². The van der Waals surface area contributed by atoms with Crippen LogP contribution in [0.4, 0.5) is 0 Å². The Bertz CT molecular complexity index is 753. The Hall–Kier alpha value is -1.92. The van der Waals surface area contributed by atoms with Gasteiger partial charge in [0, 0.05) is 26.1 Å². The van der Waals surface area contributed by atoms with Crippen molar-refractivity contribution >= 4 is 0 Å². The number of hydrogen-bond acceptors (Lipinski definition) is 4. The molecule has 0 saturated carbocycles. The Balaban J connectivity index is 1.50. The molecule has 0 amide bonds. The number of aromatic nitrogens is 3. The molecule has 0 aliphatic carbocycles. The Morgan fingerprint density at radius 2 is 1.92 bits per heavy atom. The number of ether oxygens (including phenoxy) is 1. The summed E-state index contributed by atoms with van der Waals surface area (Å²) in [5.74, 6) is 1.93. The topological polar surface area (TPSA) is 52.3 Å². The van der Waals surface area contributed by atoms with Gasteiger partial charge in [-0.15, -0.1) is 0 Å². The zero-order chi connectivity index (χ0) is 17.2. The van der Waals surface area contributed by atoms with Gasteiger partial charge in [0.25, 0.3) is 0 Å². The molecular weight excluding hydrogens is 316 g/mol. The summed E-state index contributed by atoms with van der Waals surface area (Å²) in [4.78, 5) is 15.1. The number of aryl methyl sites for hydroxylation is 1. The maximum absolute atomic E-state index is 12.6. The van der Waals surface area contributed by atoms with Crippen LogP contribution in [0.2, 0.25) is 0 Å². The van der Waals surface area contributed by atoms with Crippen molar-refractivity contribution in [3.8, 4) is 5.69 Å². The molecule has 2 aliphatic rings. The van der Waals surface area contributed by atoms with E-state index in [1.807, 2.05) is 30.3 Å². The van der Waals surface area contributed by atoms with Gasteiger partial charge >= 0.3 is 5.69 Å². The van der Waals surface area contributed by atoms with Crippen LogP contribution in [-0.4, -0.2) is 52.1 Å². The Morgan fingerprint density at radius 1 is 1.16 bits per heavy atom. The van der Waals surface area contributed by atoms with Crippen LogP contribution in [0.15, 0.2) is 35.1 Å². The molecule has 6 heteroatoms. The van der Waals surface area contributed by atoms with Crippen LogP contribution < -0.4 is 5.69 Å². The molecular formula is C19H26N4O2. The van der Waals surface area contributed by atoms with E-state index >= 15 is 0 Å². The van der Waals surface area contributed by atoms with Crippen LogP contribution in [0.1, 0.15) is 31.0 Å². The fourth-order valence-corrected chi connectivity index (χ4v) is 4.03. The molecule has 2 aliphatic heterocycles. The van der Waals surface area contributed by atoms with E-state index in [2.05, 4.69) is 10.00 Å². The highest BCUT2D eigenvalue weighted by molar-refractivity contribution is 5.32. The molecule has 2 fully saturated rings. The third-order valence-corrected chi connectivity index (χ3v) is 5.46. The Morgan fingerprint density at radius 3 is 2.60 bits per heavy atom. The first kappa shape index (κ1) is 16.5. The van der Waals surface area contributed by atoms with E-state index < -0.39 is 0 Å². The van der Waals surface area contributed by atoms with Gasteiger partial charge in [-0.2, -0.15) is 5.10 Å². The molecule has 1 atom stereocenters. The lowest BCUT2D eigenvalue weighted by Crippen LogP contribution is -2.37. The maximum atomic E-state index is 12.6. The van der Waals surface area contributed by atoms with Crippen LogP contribution in [0.25, 0.3) is 5.69 Å². The van der Waals surface area contributed by atoms with Crippen molar-refractivity contribution in [2.45, 2.75) is 25.2 Å². The number of rotatable bonds is 4. The fourth-order valence-electron chi connectivity index (χ4n) is 4.03. The predicted octanol–water partition coefficient (Wildman–Crippen LogP) is 1.79. The summed E-state index contributed by atoms with van der Waals surface area (Å²) in [6, 6.07) is 9.84. The lowest BCUT2D eigenvalue weighted by atomic mass is 9.95. The average molecular weight is 342 g/mol. The summed E-state index contributed by atoms with van der Waals surface area (Å²) in [7, 11) is 1.74. The van der Waals surface area contributed by atoms with E-state index in [0.29, 0.717) is 11.8 Å².